The molecule has 0 spiro atoms. The fourth-order valence-electron chi connectivity index (χ4n) is 2.64. The molecule has 0 radical (unpaired) electrons. The third kappa shape index (κ3) is 3.46. The molecule has 0 aliphatic heterocycles. The van der Waals surface area contributed by atoms with Gasteiger partial charge in [0.05, 0.1) is 5.69 Å². The second kappa shape index (κ2) is 7.24. The van der Waals surface area contributed by atoms with Crippen LogP contribution in [0.1, 0.15) is 30.7 Å². The molecule has 0 aliphatic rings. The van der Waals surface area contributed by atoms with Crippen molar-refractivity contribution in [2.45, 2.75) is 33.1 Å². The van der Waals surface area contributed by atoms with Crippen LogP contribution in [0.2, 0.25) is 5.02 Å². The van der Waals surface area contributed by atoms with Crippen LogP contribution in [-0.4, -0.2) is 9.97 Å². The molecule has 0 fully saturated rings. The Bertz CT molecular complexity index is 793. The zero-order valence-corrected chi connectivity index (χ0v) is 14.9. The van der Waals surface area contributed by atoms with Gasteiger partial charge in [-0.15, -0.1) is 11.3 Å². The fourth-order valence-corrected chi connectivity index (χ4v) is 3.84. The molecule has 118 valence electrons. The van der Waals surface area contributed by atoms with E-state index in [1.807, 2.05) is 36.7 Å². The van der Waals surface area contributed by atoms with E-state index in [1.54, 1.807) is 11.3 Å². The smallest absolute Gasteiger partial charge is 0.126 e. The van der Waals surface area contributed by atoms with Crippen LogP contribution in [-0.2, 0) is 12.8 Å². The van der Waals surface area contributed by atoms with Gasteiger partial charge in [0.1, 0.15) is 5.01 Å². The lowest BCUT2D eigenvalue weighted by Gasteiger charge is -2.04. The summed E-state index contributed by atoms with van der Waals surface area (Å²) in [5.74, 6) is 0. The monoisotopic (exact) mass is 342 g/mol. The lowest BCUT2D eigenvalue weighted by molar-refractivity contribution is 0.920. The summed E-state index contributed by atoms with van der Waals surface area (Å²) in [6.45, 7) is 4.37. The first kappa shape index (κ1) is 16.2. The Morgan fingerprint density at radius 2 is 1.87 bits per heavy atom. The van der Waals surface area contributed by atoms with Gasteiger partial charge in [-0.1, -0.05) is 44.0 Å². The minimum Gasteiger partial charge on any atom is -0.264 e. The van der Waals surface area contributed by atoms with Crippen molar-refractivity contribution in [3.63, 3.8) is 0 Å². The highest BCUT2D eigenvalue weighted by atomic mass is 35.5. The van der Waals surface area contributed by atoms with Crippen molar-refractivity contribution in [1.82, 2.24) is 9.97 Å². The second-order valence-corrected chi connectivity index (χ2v) is 6.95. The number of rotatable bonds is 5. The van der Waals surface area contributed by atoms with Gasteiger partial charge in [-0.25, -0.2) is 4.98 Å². The molecule has 3 rings (SSSR count). The molecule has 0 saturated carbocycles. The summed E-state index contributed by atoms with van der Waals surface area (Å²) in [6, 6.07) is 10.0. The number of hydrogen-bond acceptors (Lipinski definition) is 3. The lowest BCUT2D eigenvalue weighted by Crippen LogP contribution is -1.90. The van der Waals surface area contributed by atoms with Gasteiger partial charge >= 0.3 is 0 Å². The minimum atomic E-state index is 0.750. The molecule has 0 amide bonds. The van der Waals surface area contributed by atoms with Crippen molar-refractivity contribution in [3.05, 3.63) is 58.2 Å². The first-order valence-electron chi connectivity index (χ1n) is 7.91. The molecule has 0 atom stereocenters. The second-order valence-electron chi connectivity index (χ2n) is 5.43. The normalized spacial score (nSPS) is 10.9. The molecule has 0 N–H and O–H groups in total. The Balaban J connectivity index is 2.07. The van der Waals surface area contributed by atoms with E-state index in [0.717, 1.165) is 46.1 Å². The van der Waals surface area contributed by atoms with Gasteiger partial charge in [0.25, 0.3) is 0 Å². The molecule has 23 heavy (non-hydrogen) atoms. The van der Waals surface area contributed by atoms with E-state index in [2.05, 4.69) is 24.9 Å². The van der Waals surface area contributed by atoms with Crippen LogP contribution >= 0.6 is 22.9 Å². The molecule has 1 aromatic carbocycles. The Morgan fingerprint density at radius 1 is 1.09 bits per heavy atom. The largest absolute Gasteiger partial charge is 0.264 e. The van der Waals surface area contributed by atoms with Gasteiger partial charge in [-0.3, -0.25) is 4.98 Å². The Hall–Kier alpha value is -1.71. The van der Waals surface area contributed by atoms with E-state index < -0.39 is 0 Å². The standard InChI is InChI=1S/C19H19ClN2S/c1-3-5-13-10-11-21-12-16(13)19-22-18(17(4-2)23-19)14-6-8-15(20)9-7-14/h6-12H,3-5H2,1-2H3. The average Bonchev–Trinajstić information content (AvgIpc) is 3.00. The Kier molecular flexibility index (Phi) is 5.09. The van der Waals surface area contributed by atoms with E-state index in [-0.39, 0.29) is 0 Å². The van der Waals surface area contributed by atoms with E-state index in [1.165, 1.54) is 10.4 Å². The molecule has 0 unspecified atom stereocenters. The maximum atomic E-state index is 6.00. The number of nitrogens with zero attached hydrogens (tertiary/aromatic N) is 2. The number of hydrogen-bond donors (Lipinski definition) is 0. The number of thiazole rings is 1. The van der Waals surface area contributed by atoms with Crippen LogP contribution in [0.15, 0.2) is 42.7 Å². The molecule has 4 heteroatoms. The highest BCUT2D eigenvalue weighted by Crippen LogP contribution is 2.35. The van der Waals surface area contributed by atoms with Crippen molar-refractivity contribution in [2.24, 2.45) is 0 Å². The van der Waals surface area contributed by atoms with E-state index in [0.29, 0.717) is 0 Å². The first-order valence-corrected chi connectivity index (χ1v) is 9.11. The van der Waals surface area contributed by atoms with E-state index in [4.69, 9.17) is 16.6 Å². The van der Waals surface area contributed by atoms with Crippen molar-refractivity contribution >= 4 is 22.9 Å². The summed E-state index contributed by atoms with van der Waals surface area (Å²) < 4.78 is 0. The summed E-state index contributed by atoms with van der Waals surface area (Å²) in [7, 11) is 0. The summed E-state index contributed by atoms with van der Waals surface area (Å²) in [6.07, 6.45) is 6.94. The quantitative estimate of drug-likeness (QED) is 0.564. The van der Waals surface area contributed by atoms with Crippen LogP contribution in [0.25, 0.3) is 21.8 Å². The Labute approximate surface area is 146 Å². The topological polar surface area (TPSA) is 25.8 Å². The Morgan fingerprint density at radius 3 is 2.57 bits per heavy atom. The number of benzene rings is 1. The van der Waals surface area contributed by atoms with Crippen molar-refractivity contribution in [2.75, 3.05) is 0 Å². The number of aromatic nitrogens is 2. The summed E-state index contributed by atoms with van der Waals surface area (Å²) in [5.41, 5.74) is 4.67. The third-order valence-corrected chi connectivity index (χ3v) is 5.28. The van der Waals surface area contributed by atoms with Gasteiger partial charge in [0.2, 0.25) is 0 Å². The van der Waals surface area contributed by atoms with Crippen LogP contribution < -0.4 is 0 Å². The maximum absolute atomic E-state index is 6.00. The summed E-state index contributed by atoms with van der Waals surface area (Å²) in [5, 5.41) is 1.81. The van der Waals surface area contributed by atoms with Crippen LogP contribution in [0.5, 0.6) is 0 Å². The molecule has 2 aromatic heterocycles. The highest BCUT2D eigenvalue weighted by Gasteiger charge is 2.15. The van der Waals surface area contributed by atoms with Gasteiger partial charge in [-0.05, 0) is 36.6 Å². The van der Waals surface area contributed by atoms with Crippen molar-refractivity contribution in [1.29, 1.82) is 0 Å². The highest BCUT2D eigenvalue weighted by molar-refractivity contribution is 7.15. The molecular weight excluding hydrogens is 324 g/mol. The zero-order chi connectivity index (χ0) is 16.2. The van der Waals surface area contributed by atoms with Crippen molar-refractivity contribution in [3.8, 4) is 21.8 Å². The molecule has 2 heterocycles. The SMILES string of the molecule is CCCc1ccncc1-c1nc(-c2ccc(Cl)cc2)c(CC)s1. The van der Waals surface area contributed by atoms with Crippen LogP contribution in [0.4, 0.5) is 0 Å². The molecule has 2 nitrogen and oxygen atoms in total. The number of aryl methyl sites for hydroxylation is 2. The van der Waals surface area contributed by atoms with E-state index >= 15 is 0 Å². The maximum Gasteiger partial charge on any atom is 0.126 e. The number of pyridine rings is 1. The lowest BCUT2D eigenvalue weighted by atomic mass is 10.1. The fraction of sp³-hybridized carbons (Fsp3) is 0.263. The van der Waals surface area contributed by atoms with E-state index in [9.17, 15) is 0 Å². The number of halogens is 1. The average molecular weight is 343 g/mol. The predicted octanol–water partition coefficient (Wildman–Crippen LogP) is 6.04. The third-order valence-electron chi connectivity index (χ3n) is 3.80. The van der Waals surface area contributed by atoms with Gasteiger partial charge in [0.15, 0.2) is 0 Å². The molecule has 3 aromatic rings. The summed E-state index contributed by atoms with van der Waals surface area (Å²) >= 11 is 7.77. The van der Waals surface area contributed by atoms with Crippen LogP contribution in [0, 0.1) is 0 Å². The van der Waals surface area contributed by atoms with Gasteiger partial charge < -0.3 is 0 Å². The molecule has 0 saturated heterocycles. The summed E-state index contributed by atoms with van der Waals surface area (Å²) in [4.78, 5) is 10.5. The van der Waals surface area contributed by atoms with Gasteiger partial charge in [0, 0.05) is 33.4 Å². The zero-order valence-electron chi connectivity index (χ0n) is 13.3. The van der Waals surface area contributed by atoms with Crippen molar-refractivity contribution < 1.29 is 0 Å². The molecular formula is C19H19ClN2S. The van der Waals surface area contributed by atoms with Gasteiger partial charge in [-0.2, -0.15) is 0 Å². The minimum absolute atomic E-state index is 0.750. The molecule has 0 aliphatic carbocycles. The molecule has 0 bridgehead atoms. The van der Waals surface area contributed by atoms with Crippen LogP contribution in [0.3, 0.4) is 0 Å². The predicted molar refractivity (Wildman–Crippen MR) is 99.2 cm³/mol. The first-order chi connectivity index (χ1) is 11.2.